The first-order valence-corrected chi connectivity index (χ1v) is 15.1. The number of rotatable bonds is 13. The fraction of sp³-hybridized carbons (Fsp3) is 0.536. The second-order valence-electron chi connectivity index (χ2n) is 10.6. The minimum Gasteiger partial charge on any atom is -0.480 e. The first-order chi connectivity index (χ1) is 18.6. The summed E-state index contributed by atoms with van der Waals surface area (Å²) in [6.45, 7) is 4.23. The fourth-order valence-electron chi connectivity index (χ4n) is 4.93. The van der Waals surface area contributed by atoms with Crippen molar-refractivity contribution >= 4 is 27.7 Å². The van der Waals surface area contributed by atoms with E-state index in [0.717, 1.165) is 62.3 Å². The summed E-state index contributed by atoms with van der Waals surface area (Å²) in [6.07, 6.45) is 5.33. The summed E-state index contributed by atoms with van der Waals surface area (Å²) in [5.74, 6) is -1.06. The number of nitrogens with one attached hydrogen (secondary N) is 2. The number of fused-ring (bicyclic) bond motifs is 1. The molecule has 2 aromatic rings. The van der Waals surface area contributed by atoms with Crippen LogP contribution < -0.4 is 10.6 Å². The monoisotopic (exact) mass is 557 g/mol. The molecule has 1 atom stereocenters. The Bertz CT molecular complexity index is 1280. The molecule has 1 fully saturated rings. The summed E-state index contributed by atoms with van der Waals surface area (Å²) < 4.78 is 26.8. The van der Waals surface area contributed by atoms with Crippen molar-refractivity contribution in [2.24, 2.45) is 5.92 Å². The van der Waals surface area contributed by atoms with Gasteiger partial charge in [0, 0.05) is 31.9 Å². The largest absolute Gasteiger partial charge is 0.480 e. The Morgan fingerprint density at radius 3 is 2.74 bits per heavy atom. The van der Waals surface area contributed by atoms with Gasteiger partial charge in [0.15, 0.2) is 0 Å². The summed E-state index contributed by atoms with van der Waals surface area (Å²) in [6, 6.07) is 9.90. The average molecular weight is 558 g/mol. The highest BCUT2D eigenvalue weighted by Crippen LogP contribution is 2.26. The van der Waals surface area contributed by atoms with Crippen LogP contribution in [-0.4, -0.2) is 85.4 Å². The van der Waals surface area contributed by atoms with Gasteiger partial charge in [0.2, 0.25) is 15.9 Å². The molecule has 3 N–H and O–H groups in total. The maximum atomic E-state index is 12.8. The van der Waals surface area contributed by atoms with Gasteiger partial charge in [-0.2, -0.15) is 4.31 Å². The van der Waals surface area contributed by atoms with Gasteiger partial charge in [-0.05, 0) is 88.4 Å². The Morgan fingerprint density at radius 2 is 2.00 bits per heavy atom. The van der Waals surface area contributed by atoms with Crippen LogP contribution in [0.3, 0.4) is 0 Å². The maximum absolute atomic E-state index is 12.8. The Hall–Kier alpha value is -3.02. The lowest BCUT2D eigenvalue weighted by Crippen LogP contribution is -2.57. The molecule has 39 heavy (non-hydrogen) atoms. The molecule has 0 radical (unpaired) electrons. The molecule has 1 saturated heterocycles. The van der Waals surface area contributed by atoms with Crippen molar-refractivity contribution in [2.75, 3.05) is 45.1 Å². The third-order valence-corrected chi connectivity index (χ3v) is 9.26. The zero-order chi connectivity index (χ0) is 28.0. The lowest BCUT2D eigenvalue weighted by atomic mass is 10.0. The summed E-state index contributed by atoms with van der Waals surface area (Å²) in [7, 11) is -1.72. The average Bonchev–Trinajstić information content (AvgIpc) is 2.87. The smallest absolute Gasteiger partial charge is 0.326 e. The van der Waals surface area contributed by atoms with Gasteiger partial charge in [-0.25, -0.2) is 18.2 Å². The molecule has 212 valence electrons. The molecule has 0 bridgehead atoms. The van der Waals surface area contributed by atoms with Crippen LogP contribution in [0.15, 0.2) is 41.3 Å². The van der Waals surface area contributed by atoms with E-state index in [0.29, 0.717) is 6.54 Å². The van der Waals surface area contributed by atoms with E-state index in [4.69, 9.17) is 4.98 Å². The molecule has 2 aliphatic heterocycles. The number of carboxylic acid groups (broad SMARTS) is 1. The van der Waals surface area contributed by atoms with E-state index >= 15 is 0 Å². The second kappa shape index (κ2) is 12.9. The summed E-state index contributed by atoms with van der Waals surface area (Å²) in [5.41, 5.74) is 3.21. The van der Waals surface area contributed by atoms with E-state index in [1.54, 1.807) is 12.1 Å². The van der Waals surface area contributed by atoms with Crippen LogP contribution in [0.4, 0.5) is 5.82 Å². The van der Waals surface area contributed by atoms with Crippen LogP contribution in [0.1, 0.15) is 42.5 Å². The van der Waals surface area contributed by atoms with E-state index in [2.05, 4.69) is 27.7 Å². The molecule has 0 saturated carbocycles. The Labute approximate surface area is 230 Å². The summed E-state index contributed by atoms with van der Waals surface area (Å²) >= 11 is 0. The summed E-state index contributed by atoms with van der Waals surface area (Å²) in [5, 5.41) is 15.6. The Balaban J connectivity index is 1.16. The molecule has 2 aliphatic rings. The van der Waals surface area contributed by atoms with Crippen molar-refractivity contribution < 1.29 is 23.1 Å². The number of anilines is 1. The maximum Gasteiger partial charge on any atom is 0.326 e. The van der Waals surface area contributed by atoms with Gasteiger partial charge in [-0.1, -0.05) is 18.2 Å². The number of nitrogens with zero attached hydrogens (tertiary/aromatic N) is 3. The molecule has 4 rings (SSSR count). The molecule has 1 aromatic heterocycles. The predicted molar refractivity (Wildman–Crippen MR) is 149 cm³/mol. The molecule has 1 amide bonds. The highest BCUT2D eigenvalue weighted by atomic mass is 32.2. The molecule has 1 aromatic carbocycles. The number of unbranched alkanes of at least 4 members (excludes halogenated alkanes) is 1. The predicted octanol–water partition coefficient (Wildman–Crippen LogP) is 2.28. The number of aromatic nitrogens is 1. The number of hydrogen-bond acceptors (Lipinski definition) is 7. The number of carbonyl (C=O) groups is 2. The van der Waals surface area contributed by atoms with E-state index in [-0.39, 0.29) is 24.4 Å². The number of benzene rings is 1. The van der Waals surface area contributed by atoms with E-state index in [1.165, 1.54) is 15.9 Å². The highest BCUT2D eigenvalue weighted by molar-refractivity contribution is 7.89. The Morgan fingerprint density at radius 1 is 1.21 bits per heavy atom. The van der Waals surface area contributed by atoms with Gasteiger partial charge < -0.3 is 20.6 Å². The number of pyridine rings is 1. The number of carboxylic acids is 1. The zero-order valence-corrected chi connectivity index (χ0v) is 23.5. The number of hydrogen-bond donors (Lipinski definition) is 3. The highest BCUT2D eigenvalue weighted by Gasteiger charge is 2.41. The van der Waals surface area contributed by atoms with Crippen molar-refractivity contribution in [3.05, 3.63) is 53.2 Å². The lowest BCUT2D eigenvalue weighted by molar-refractivity contribution is -0.143. The van der Waals surface area contributed by atoms with Crippen LogP contribution in [0.2, 0.25) is 0 Å². The number of aliphatic carboxylic acids is 1. The van der Waals surface area contributed by atoms with Crippen LogP contribution in [0.5, 0.6) is 0 Å². The fourth-order valence-corrected chi connectivity index (χ4v) is 6.57. The van der Waals surface area contributed by atoms with Crippen molar-refractivity contribution in [1.82, 2.24) is 19.5 Å². The second-order valence-corrected chi connectivity index (χ2v) is 12.6. The number of amides is 1. The molecule has 0 unspecified atom stereocenters. The molecule has 3 heterocycles. The quantitative estimate of drug-likeness (QED) is 0.320. The van der Waals surface area contributed by atoms with Gasteiger partial charge in [0.25, 0.3) is 0 Å². The molecular weight excluding hydrogens is 518 g/mol. The first kappa shape index (κ1) is 29.0. The van der Waals surface area contributed by atoms with Crippen LogP contribution in [0, 0.1) is 12.8 Å². The van der Waals surface area contributed by atoms with Gasteiger partial charge in [-0.3, -0.25) is 4.79 Å². The third-order valence-electron chi connectivity index (χ3n) is 7.43. The van der Waals surface area contributed by atoms with Crippen molar-refractivity contribution in [2.45, 2.75) is 56.4 Å². The molecule has 0 spiro atoms. The van der Waals surface area contributed by atoms with Crippen LogP contribution in [-0.2, 0) is 32.5 Å². The van der Waals surface area contributed by atoms with Gasteiger partial charge >= 0.3 is 5.97 Å². The number of carbonyl (C=O) groups excluding carboxylic acids is 1. The van der Waals surface area contributed by atoms with Gasteiger partial charge in [0.05, 0.1) is 10.8 Å². The number of aryl methyl sites for hydroxylation is 3. The van der Waals surface area contributed by atoms with Gasteiger partial charge in [0.1, 0.15) is 11.9 Å². The van der Waals surface area contributed by atoms with Crippen molar-refractivity contribution in [3.63, 3.8) is 0 Å². The topological polar surface area (TPSA) is 132 Å². The summed E-state index contributed by atoms with van der Waals surface area (Å²) in [4.78, 5) is 31.5. The minimum atomic E-state index is -3.67. The zero-order valence-electron chi connectivity index (χ0n) is 22.7. The van der Waals surface area contributed by atoms with E-state index in [9.17, 15) is 23.1 Å². The van der Waals surface area contributed by atoms with Crippen molar-refractivity contribution in [1.29, 1.82) is 0 Å². The first-order valence-electron chi connectivity index (χ1n) is 13.6. The van der Waals surface area contributed by atoms with Gasteiger partial charge in [-0.15, -0.1) is 0 Å². The number of sulfonamides is 1. The molecule has 0 aliphatic carbocycles. The molecule has 10 nitrogen and oxygen atoms in total. The Kier molecular flexibility index (Phi) is 9.58. The van der Waals surface area contributed by atoms with Crippen LogP contribution >= 0.6 is 0 Å². The SMILES string of the molecule is Cc1cccc(S(=O)(=O)N2CC(C(=O)N[C@@H](CCN(C)CCCCc3ccc4c(n3)NCCC4)C(=O)O)C2)c1. The third kappa shape index (κ3) is 7.55. The minimum absolute atomic E-state index is 0.0451. The van der Waals surface area contributed by atoms with E-state index in [1.807, 2.05) is 20.0 Å². The lowest BCUT2D eigenvalue weighted by Gasteiger charge is -2.37. The standard InChI is InChI=1S/C28H39N5O5S/c1-20-7-5-10-24(17-20)39(37,38)33-18-22(19-33)27(34)31-25(28(35)36)13-16-32(2)15-4-3-9-23-12-11-21-8-6-14-29-26(21)30-23/h5,7,10-12,17,22,25H,3-4,6,8-9,13-16,18-19H2,1-2H3,(H,29,30)(H,31,34)(H,35,36)/t25-/m0/s1. The van der Waals surface area contributed by atoms with Crippen molar-refractivity contribution in [3.8, 4) is 0 Å². The molecular formula is C28H39N5O5S. The normalized spacial score (nSPS) is 16.7. The molecule has 11 heteroatoms. The van der Waals surface area contributed by atoms with E-state index < -0.39 is 33.9 Å². The van der Waals surface area contributed by atoms with Crippen LogP contribution in [0.25, 0.3) is 0 Å².